The Hall–Kier alpha value is -1.07. The molecule has 2 rings (SSSR count). The van der Waals surface area contributed by atoms with Crippen molar-refractivity contribution in [3.05, 3.63) is 28.8 Å². The van der Waals surface area contributed by atoms with Crippen LogP contribution in [0.2, 0.25) is 0 Å². The molecule has 1 heterocycles. The summed E-state index contributed by atoms with van der Waals surface area (Å²) >= 11 is 0. The first kappa shape index (κ1) is 16.3. The van der Waals surface area contributed by atoms with Crippen LogP contribution in [0.5, 0.6) is 5.75 Å². The Bertz CT molecular complexity index is 610. The first-order chi connectivity index (χ1) is 9.76. The SMILES string of the molecule is Cc1cc(C)c2c(c1)[C@H](N[C@@H](C)CS(C)(=O)=O)CCCO2. The lowest BCUT2D eigenvalue weighted by Crippen LogP contribution is -2.35. The molecule has 0 spiro atoms. The summed E-state index contributed by atoms with van der Waals surface area (Å²) in [7, 11) is -2.97. The number of aryl methyl sites for hydroxylation is 2. The number of rotatable bonds is 4. The minimum absolute atomic E-state index is 0.0724. The molecule has 1 aromatic rings. The van der Waals surface area contributed by atoms with Gasteiger partial charge < -0.3 is 10.1 Å². The normalized spacial score (nSPS) is 20.3. The van der Waals surface area contributed by atoms with E-state index in [0.29, 0.717) is 0 Å². The topological polar surface area (TPSA) is 55.4 Å². The molecule has 2 atom stereocenters. The Balaban J connectivity index is 2.25. The lowest BCUT2D eigenvalue weighted by atomic mass is 9.97. The van der Waals surface area contributed by atoms with E-state index in [4.69, 9.17) is 4.74 Å². The van der Waals surface area contributed by atoms with Gasteiger partial charge in [0.25, 0.3) is 0 Å². The largest absolute Gasteiger partial charge is 0.493 e. The molecular weight excluding hydrogens is 286 g/mol. The second-order valence-corrected chi connectivity index (χ2v) is 8.39. The summed E-state index contributed by atoms with van der Waals surface area (Å²) in [5, 5.41) is 3.47. The first-order valence-electron chi connectivity index (χ1n) is 7.44. The van der Waals surface area contributed by atoms with Crippen LogP contribution in [0.1, 0.15) is 42.5 Å². The number of benzene rings is 1. The van der Waals surface area contributed by atoms with E-state index in [-0.39, 0.29) is 17.8 Å². The molecule has 0 saturated carbocycles. The van der Waals surface area contributed by atoms with E-state index >= 15 is 0 Å². The van der Waals surface area contributed by atoms with Crippen LogP contribution < -0.4 is 10.1 Å². The van der Waals surface area contributed by atoms with Gasteiger partial charge in [-0.1, -0.05) is 17.7 Å². The van der Waals surface area contributed by atoms with Crippen molar-refractivity contribution in [2.45, 2.75) is 45.7 Å². The van der Waals surface area contributed by atoms with Crippen molar-refractivity contribution in [3.63, 3.8) is 0 Å². The number of fused-ring (bicyclic) bond motifs is 1. The van der Waals surface area contributed by atoms with Crippen molar-refractivity contribution in [1.82, 2.24) is 5.32 Å². The number of ether oxygens (including phenoxy) is 1. The maximum Gasteiger partial charge on any atom is 0.148 e. The summed E-state index contributed by atoms with van der Waals surface area (Å²) in [6.45, 7) is 6.79. The number of hydrogen-bond donors (Lipinski definition) is 1. The van der Waals surface area contributed by atoms with Crippen LogP contribution in [0, 0.1) is 13.8 Å². The Morgan fingerprint density at radius 2 is 2.10 bits per heavy atom. The molecule has 1 aromatic carbocycles. The Morgan fingerprint density at radius 3 is 2.76 bits per heavy atom. The van der Waals surface area contributed by atoms with Crippen LogP contribution in [0.4, 0.5) is 0 Å². The van der Waals surface area contributed by atoms with Gasteiger partial charge in [0.15, 0.2) is 0 Å². The van der Waals surface area contributed by atoms with E-state index in [1.165, 1.54) is 11.8 Å². The third-order valence-corrected chi connectivity index (χ3v) is 4.85. The van der Waals surface area contributed by atoms with Gasteiger partial charge in [-0.25, -0.2) is 8.42 Å². The first-order valence-corrected chi connectivity index (χ1v) is 9.50. The minimum Gasteiger partial charge on any atom is -0.493 e. The van der Waals surface area contributed by atoms with E-state index in [2.05, 4.69) is 31.3 Å². The zero-order valence-corrected chi connectivity index (χ0v) is 14.1. The summed E-state index contributed by atoms with van der Waals surface area (Å²) < 4.78 is 28.8. The maximum absolute atomic E-state index is 11.4. The van der Waals surface area contributed by atoms with Gasteiger partial charge in [-0.2, -0.15) is 0 Å². The molecule has 1 aliphatic rings. The van der Waals surface area contributed by atoms with Crippen LogP contribution in [0.3, 0.4) is 0 Å². The Kier molecular flexibility index (Phi) is 4.94. The van der Waals surface area contributed by atoms with Gasteiger partial charge in [0.2, 0.25) is 0 Å². The molecule has 118 valence electrons. The second kappa shape index (κ2) is 6.36. The number of hydrogen-bond acceptors (Lipinski definition) is 4. The van der Waals surface area contributed by atoms with Crippen molar-refractivity contribution in [2.75, 3.05) is 18.6 Å². The fraction of sp³-hybridized carbons (Fsp3) is 0.625. The second-order valence-electron chi connectivity index (χ2n) is 6.20. The molecule has 5 heteroatoms. The number of nitrogens with one attached hydrogen (secondary N) is 1. The molecule has 0 radical (unpaired) electrons. The van der Waals surface area contributed by atoms with Crippen LogP contribution in [0.15, 0.2) is 12.1 Å². The Labute approximate surface area is 127 Å². The molecular formula is C16H25NO3S. The minimum atomic E-state index is -2.97. The van der Waals surface area contributed by atoms with Crippen LogP contribution in [-0.4, -0.2) is 33.1 Å². The lowest BCUT2D eigenvalue weighted by Gasteiger charge is -2.24. The highest BCUT2D eigenvalue weighted by Gasteiger charge is 2.23. The van der Waals surface area contributed by atoms with Gasteiger partial charge >= 0.3 is 0 Å². The molecule has 21 heavy (non-hydrogen) atoms. The van der Waals surface area contributed by atoms with Crippen molar-refractivity contribution in [1.29, 1.82) is 0 Å². The fourth-order valence-electron chi connectivity index (χ4n) is 3.08. The quantitative estimate of drug-likeness (QED) is 0.928. The standard InChI is InChI=1S/C16H25NO3S/c1-11-8-12(2)16-14(9-11)15(6-5-7-20-16)17-13(3)10-21(4,18)19/h8-9,13,15,17H,5-7,10H2,1-4H3/t13-,15+/m0/s1. The zero-order valence-electron chi connectivity index (χ0n) is 13.3. The highest BCUT2D eigenvalue weighted by molar-refractivity contribution is 7.90. The highest BCUT2D eigenvalue weighted by Crippen LogP contribution is 2.35. The average molecular weight is 311 g/mol. The monoisotopic (exact) mass is 311 g/mol. The van der Waals surface area contributed by atoms with Crippen LogP contribution in [-0.2, 0) is 9.84 Å². The lowest BCUT2D eigenvalue weighted by molar-refractivity contribution is 0.312. The molecule has 4 nitrogen and oxygen atoms in total. The summed E-state index contributed by atoms with van der Waals surface area (Å²) in [6, 6.07) is 4.36. The predicted octanol–water partition coefficient (Wildman–Crippen LogP) is 2.54. The van der Waals surface area contributed by atoms with E-state index in [1.807, 2.05) is 6.92 Å². The summed E-state index contributed by atoms with van der Waals surface area (Å²) in [5.41, 5.74) is 3.51. The highest BCUT2D eigenvalue weighted by atomic mass is 32.2. The van der Waals surface area contributed by atoms with Gasteiger partial charge in [0, 0.05) is 23.9 Å². The molecule has 0 saturated heterocycles. The van der Waals surface area contributed by atoms with Crippen molar-refractivity contribution in [2.24, 2.45) is 0 Å². The third kappa shape index (κ3) is 4.45. The van der Waals surface area contributed by atoms with Crippen LogP contribution in [0.25, 0.3) is 0 Å². The number of sulfone groups is 1. The van der Waals surface area contributed by atoms with Crippen molar-refractivity contribution < 1.29 is 13.2 Å². The van der Waals surface area contributed by atoms with E-state index in [0.717, 1.165) is 36.3 Å². The smallest absolute Gasteiger partial charge is 0.148 e. The molecule has 0 aliphatic carbocycles. The van der Waals surface area contributed by atoms with Gasteiger partial charge in [0.05, 0.1) is 12.4 Å². The Morgan fingerprint density at radius 1 is 1.38 bits per heavy atom. The molecule has 0 aromatic heterocycles. The fourth-order valence-corrected chi connectivity index (χ4v) is 4.08. The van der Waals surface area contributed by atoms with Crippen molar-refractivity contribution in [3.8, 4) is 5.75 Å². The molecule has 0 amide bonds. The molecule has 0 fully saturated rings. The van der Waals surface area contributed by atoms with Crippen molar-refractivity contribution >= 4 is 9.84 Å². The summed E-state index contributed by atoms with van der Waals surface area (Å²) in [4.78, 5) is 0. The predicted molar refractivity (Wildman–Crippen MR) is 85.7 cm³/mol. The maximum atomic E-state index is 11.4. The average Bonchev–Trinajstić information content (AvgIpc) is 2.50. The van der Waals surface area contributed by atoms with Gasteiger partial charge in [-0.15, -0.1) is 0 Å². The molecule has 1 aliphatic heterocycles. The van der Waals surface area contributed by atoms with Gasteiger partial charge in [0.1, 0.15) is 15.6 Å². The molecule has 1 N–H and O–H groups in total. The molecule has 0 unspecified atom stereocenters. The third-order valence-electron chi connectivity index (χ3n) is 3.75. The van der Waals surface area contributed by atoms with Gasteiger partial charge in [-0.3, -0.25) is 0 Å². The van der Waals surface area contributed by atoms with Crippen LogP contribution >= 0.6 is 0 Å². The summed E-state index contributed by atoms with van der Waals surface area (Å²) in [5.74, 6) is 1.12. The van der Waals surface area contributed by atoms with E-state index < -0.39 is 9.84 Å². The zero-order chi connectivity index (χ0) is 15.6. The summed E-state index contributed by atoms with van der Waals surface area (Å²) in [6.07, 6.45) is 3.21. The van der Waals surface area contributed by atoms with E-state index in [9.17, 15) is 8.42 Å². The van der Waals surface area contributed by atoms with Gasteiger partial charge in [-0.05, 0) is 39.2 Å². The molecule has 0 bridgehead atoms. The van der Waals surface area contributed by atoms with E-state index in [1.54, 1.807) is 0 Å².